The fourth-order valence-electron chi connectivity index (χ4n) is 2.66. The molecule has 0 saturated carbocycles. The van der Waals surface area contributed by atoms with Gasteiger partial charge in [0.15, 0.2) is 13.2 Å². The summed E-state index contributed by atoms with van der Waals surface area (Å²) in [6.45, 7) is 5.67. The highest BCUT2D eigenvalue weighted by Gasteiger charge is 2.27. The average Bonchev–Trinajstić information content (AvgIpc) is 2.51. The zero-order chi connectivity index (χ0) is 17.5. The molecule has 1 saturated heterocycles. The summed E-state index contributed by atoms with van der Waals surface area (Å²) in [6, 6.07) is 7.14. The summed E-state index contributed by atoms with van der Waals surface area (Å²) in [5.74, 6) is -0.0614. The molecule has 0 aromatic heterocycles. The molecule has 0 aliphatic carbocycles. The van der Waals surface area contributed by atoms with Gasteiger partial charge in [0.05, 0.1) is 0 Å². The van der Waals surface area contributed by atoms with E-state index in [4.69, 9.17) is 9.47 Å². The number of benzene rings is 1. The minimum absolute atomic E-state index is 0.130. The van der Waals surface area contributed by atoms with Crippen LogP contribution in [0.15, 0.2) is 28.7 Å². The molecule has 0 spiro atoms. The van der Waals surface area contributed by atoms with Crippen LogP contribution in [0.4, 0.5) is 0 Å². The van der Waals surface area contributed by atoms with Crippen LogP contribution in [0.1, 0.15) is 13.8 Å². The summed E-state index contributed by atoms with van der Waals surface area (Å²) >= 11 is 3.32. The van der Waals surface area contributed by atoms with Crippen molar-refractivity contribution < 1.29 is 24.0 Å². The van der Waals surface area contributed by atoms with Gasteiger partial charge in [-0.1, -0.05) is 15.9 Å². The average molecular weight is 401 g/mol. The summed E-state index contributed by atoms with van der Waals surface area (Å²) in [4.78, 5) is 24.7. The van der Waals surface area contributed by atoms with E-state index in [1.54, 1.807) is 12.1 Å². The van der Waals surface area contributed by atoms with Crippen molar-refractivity contribution >= 4 is 27.7 Å². The van der Waals surface area contributed by atoms with E-state index in [0.29, 0.717) is 12.3 Å². The van der Waals surface area contributed by atoms with Crippen LogP contribution in [-0.4, -0.2) is 50.3 Å². The highest BCUT2D eigenvalue weighted by atomic mass is 79.9. The minimum atomic E-state index is -0.412. The molecule has 1 aliphatic rings. The third-order valence-electron chi connectivity index (χ3n) is 3.55. The number of rotatable bonds is 5. The number of halogens is 1. The third kappa shape index (κ3) is 6.46. The van der Waals surface area contributed by atoms with Crippen molar-refractivity contribution in [1.82, 2.24) is 10.9 Å². The van der Waals surface area contributed by atoms with E-state index in [9.17, 15) is 9.59 Å². The second-order valence-corrected chi connectivity index (χ2v) is 6.85. The smallest absolute Gasteiger partial charge is 0.293 e. The van der Waals surface area contributed by atoms with Gasteiger partial charge >= 0.3 is 0 Å². The molecule has 1 heterocycles. The molecule has 1 aliphatic heterocycles. The number of ether oxygens (including phenoxy) is 2. The molecule has 3 atom stereocenters. The minimum Gasteiger partial charge on any atom is -0.484 e. The van der Waals surface area contributed by atoms with Crippen molar-refractivity contribution in [1.29, 1.82) is 0 Å². The molecular formula is C16H23BrN3O4+. The zero-order valence-electron chi connectivity index (χ0n) is 13.8. The van der Waals surface area contributed by atoms with Gasteiger partial charge < -0.3 is 14.4 Å². The first-order chi connectivity index (χ1) is 11.4. The van der Waals surface area contributed by atoms with E-state index >= 15 is 0 Å². The van der Waals surface area contributed by atoms with Gasteiger partial charge in [-0.2, -0.15) is 0 Å². The van der Waals surface area contributed by atoms with E-state index in [0.717, 1.165) is 22.5 Å². The zero-order valence-corrected chi connectivity index (χ0v) is 15.4. The van der Waals surface area contributed by atoms with Crippen molar-refractivity contribution in [2.75, 3.05) is 26.2 Å². The molecule has 24 heavy (non-hydrogen) atoms. The van der Waals surface area contributed by atoms with Crippen molar-refractivity contribution in [3.63, 3.8) is 0 Å². The van der Waals surface area contributed by atoms with Gasteiger partial charge in [-0.25, -0.2) is 0 Å². The van der Waals surface area contributed by atoms with Crippen molar-refractivity contribution in [3.8, 4) is 5.75 Å². The van der Waals surface area contributed by atoms with Crippen LogP contribution in [0.5, 0.6) is 5.75 Å². The summed E-state index contributed by atoms with van der Waals surface area (Å²) in [7, 11) is 0. The van der Waals surface area contributed by atoms with Gasteiger partial charge in [-0.3, -0.25) is 20.4 Å². The molecule has 8 heteroatoms. The lowest BCUT2D eigenvalue weighted by Gasteiger charge is -2.31. The second-order valence-electron chi connectivity index (χ2n) is 5.93. The number of hydrogen-bond donors (Lipinski definition) is 3. The Labute approximate surface area is 149 Å². The summed E-state index contributed by atoms with van der Waals surface area (Å²) < 4.78 is 11.9. The molecule has 1 aromatic rings. The fraction of sp³-hybridized carbons (Fsp3) is 0.500. The predicted molar refractivity (Wildman–Crippen MR) is 91.5 cm³/mol. The molecule has 132 valence electrons. The Morgan fingerprint density at radius 2 is 1.75 bits per heavy atom. The number of quaternary nitrogens is 1. The second kappa shape index (κ2) is 9.00. The van der Waals surface area contributed by atoms with Crippen LogP contribution in [-0.2, 0) is 14.3 Å². The molecule has 2 amide bonds. The summed E-state index contributed by atoms with van der Waals surface area (Å²) in [6.07, 6.45) is 0.260. The molecule has 3 N–H and O–H groups in total. The summed E-state index contributed by atoms with van der Waals surface area (Å²) in [5, 5.41) is 0. The fourth-order valence-corrected chi connectivity index (χ4v) is 2.92. The number of carbonyl (C=O) groups excluding carboxylic acids is 2. The van der Waals surface area contributed by atoms with E-state index in [1.807, 2.05) is 26.0 Å². The predicted octanol–water partition coefficient (Wildman–Crippen LogP) is -0.333. The van der Waals surface area contributed by atoms with Crippen LogP contribution in [0.3, 0.4) is 0 Å². The molecule has 1 aromatic carbocycles. The molecule has 0 bridgehead atoms. The molecular weight excluding hydrogens is 378 g/mol. The number of nitrogens with one attached hydrogen (secondary N) is 3. The Kier molecular flexibility index (Phi) is 7.01. The van der Waals surface area contributed by atoms with Crippen molar-refractivity contribution in [2.24, 2.45) is 0 Å². The van der Waals surface area contributed by atoms with Crippen molar-refractivity contribution in [2.45, 2.75) is 26.1 Å². The van der Waals surface area contributed by atoms with Crippen LogP contribution >= 0.6 is 15.9 Å². The third-order valence-corrected chi connectivity index (χ3v) is 4.08. The number of hydrogen-bond acceptors (Lipinski definition) is 4. The Balaban J connectivity index is 1.65. The first-order valence-corrected chi connectivity index (χ1v) is 8.66. The quantitative estimate of drug-likeness (QED) is 0.591. The lowest BCUT2D eigenvalue weighted by molar-refractivity contribution is -0.907. The normalized spacial score (nSPS) is 23.4. The Hall–Kier alpha value is -1.64. The van der Waals surface area contributed by atoms with Crippen LogP contribution < -0.4 is 20.5 Å². The largest absolute Gasteiger partial charge is 0.484 e. The van der Waals surface area contributed by atoms with Crippen LogP contribution in [0.2, 0.25) is 0 Å². The van der Waals surface area contributed by atoms with Gasteiger partial charge in [0, 0.05) is 4.47 Å². The van der Waals surface area contributed by atoms with E-state index < -0.39 is 5.91 Å². The van der Waals surface area contributed by atoms with Crippen LogP contribution in [0.25, 0.3) is 0 Å². The highest BCUT2D eigenvalue weighted by Crippen LogP contribution is 2.15. The molecule has 1 unspecified atom stereocenters. The molecule has 0 radical (unpaired) electrons. The molecule has 1 fully saturated rings. The highest BCUT2D eigenvalue weighted by molar-refractivity contribution is 9.10. The van der Waals surface area contributed by atoms with Gasteiger partial charge in [-0.05, 0) is 38.1 Å². The van der Waals surface area contributed by atoms with E-state index in [-0.39, 0.29) is 24.7 Å². The maximum absolute atomic E-state index is 11.9. The first-order valence-electron chi connectivity index (χ1n) is 7.87. The summed E-state index contributed by atoms with van der Waals surface area (Å²) in [5.41, 5.74) is 4.78. The van der Waals surface area contributed by atoms with E-state index in [1.165, 1.54) is 0 Å². The molecule has 2 rings (SSSR count). The lowest BCUT2D eigenvalue weighted by Crippen LogP contribution is -3.16. The maximum Gasteiger partial charge on any atom is 0.293 e. The number of carbonyl (C=O) groups is 2. The first kappa shape index (κ1) is 18.7. The Bertz CT molecular complexity index is 557. The number of hydrazine groups is 1. The van der Waals surface area contributed by atoms with E-state index in [2.05, 4.69) is 26.8 Å². The maximum atomic E-state index is 11.9. The monoisotopic (exact) mass is 400 g/mol. The van der Waals surface area contributed by atoms with Gasteiger partial charge in [-0.15, -0.1) is 0 Å². The Morgan fingerprint density at radius 1 is 1.17 bits per heavy atom. The topological polar surface area (TPSA) is 81.1 Å². The van der Waals surface area contributed by atoms with Gasteiger partial charge in [0.1, 0.15) is 31.0 Å². The SMILES string of the molecule is C[C@@H]1C[NH+](CC(=O)NNC(=O)COc2ccc(Br)cc2)C[C@H](C)O1. The molecule has 7 nitrogen and oxygen atoms in total. The van der Waals surface area contributed by atoms with Gasteiger partial charge in [0.2, 0.25) is 0 Å². The number of amides is 2. The standard InChI is InChI=1S/C16H22BrN3O4/c1-11-7-20(8-12(2)24-11)9-15(21)18-19-16(22)10-23-14-5-3-13(17)4-6-14/h3-6,11-12H,7-10H2,1-2H3,(H,18,21)(H,19,22)/p+1/t11-,12+. The Morgan fingerprint density at radius 3 is 2.38 bits per heavy atom. The van der Waals surface area contributed by atoms with Crippen molar-refractivity contribution in [3.05, 3.63) is 28.7 Å². The van der Waals surface area contributed by atoms with Crippen LogP contribution in [0, 0.1) is 0 Å². The number of morpholine rings is 1. The van der Waals surface area contributed by atoms with Gasteiger partial charge in [0.25, 0.3) is 11.8 Å². The lowest BCUT2D eigenvalue weighted by atomic mass is 10.2.